The number of aromatic nitrogens is 1. The minimum atomic E-state index is -1.14. The molecule has 8 heteroatoms. The number of rotatable bonds is 4. The summed E-state index contributed by atoms with van der Waals surface area (Å²) >= 11 is 1.01. The van der Waals surface area contributed by atoms with Crippen LogP contribution in [0, 0.1) is 0 Å². The SMILES string of the molecule is O=C(O)Cc1nc(N2CCOCC2)sc1C(=O)O. The number of carbonyl (C=O) groups is 2. The molecule has 2 heterocycles. The molecule has 1 saturated heterocycles. The van der Waals surface area contributed by atoms with Crippen LogP contribution >= 0.6 is 11.3 Å². The molecule has 1 aromatic heterocycles. The fourth-order valence-corrected chi connectivity index (χ4v) is 2.63. The molecule has 0 aromatic carbocycles. The molecule has 1 fully saturated rings. The molecule has 0 unspecified atom stereocenters. The second kappa shape index (κ2) is 5.32. The van der Waals surface area contributed by atoms with Crippen molar-refractivity contribution in [1.29, 1.82) is 0 Å². The maximum Gasteiger partial charge on any atom is 0.347 e. The highest BCUT2D eigenvalue weighted by molar-refractivity contribution is 7.17. The molecule has 98 valence electrons. The monoisotopic (exact) mass is 272 g/mol. The van der Waals surface area contributed by atoms with Crippen LogP contribution in [0.1, 0.15) is 15.4 Å². The number of hydrogen-bond donors (Lipinski definition) is 2. The molecule has 2 N–H and O–H groups in total. The quantitative estimate of drug-likeness (QED) is 0.813. The van der Waals surface area contributed by atoms with Crippen molar-refractivity contribution in [2.75, 3.05) is 31.2 Å². The molecular formula is C10H12N2O5S. The highest BCUT2D eigenvalue weighted by Crippen LogP contribution is 2.27. The van der Waals surface area contributed by atoms with Gasteiger partial charge in [-0.05, 0) is 0 Å². The number of nitrogens with zero attached hydrogens (tertiary/aromatic N) is 2. The number of morpholine rings is 1. The largest absolute Gasteiger partial charge is 0.481 e. The molecular weight excluding hydrogens is 260 g/mol. The van der Waals surface area contributed by atoms with Crippen LogP contribution in [0.3, 0.4) is 0 Å². The fraction of sp³-hybridized carbons (Fsp3) is 0.500. The van der Waals surface area contributed by atoms with Gasteiger partial charge in [0, 0.05) is 13.1 Å². The lowest BCUT2D eigenvalue weighted by molar-refractivity contribution is -0.136. The topological polar surface area (TPSA) is 100.0 Å². The third kappa shape index (κ3) is 2.77. The second-order valence-corrected chi connectivity index (χ2v) is 4.72. The van der Waals surface area contributed by atoms with Crippen molar-refractivity contribution in [2.45, 2.75) is 6.42 Å². The lowest BCUT2D eigenvalue weighted by Crippen LogP contribution is -2.36. The van der Waals surface area contributed by atoms with Gasteiger partial charge in [0.25, 0.3) is 0 Å². The summed E-state index contributed by atoms with van der Waals surface area (Å²) in [4.78, 5) is 27.7. The first-order valence-corrected chi connectivity index (χ1v) is 6.17. The van der Waals surface area contributed by atoms with E-state index in [4.69, 9.17) is 14.9 Å². The zero-order valence-electron chi connectivity index (χ0n) is 9.46. The van der Waals surface area contributed by atoms with Crippen molar-refractivity contribution in [1.82, 2.24) is 4.98 Å². The van der Waals surface area contributed by atoms with Crippen molar-refractivity contribution >= 4 is 28.4 Å². The molecule has 2 rings (SSSR count). The molecule has 0 amide bonds. The molecule has 1 aromatic rings. The van der Waals surface area contributed by atoms with Gasteiger partial charge in [0.05, 0.1) is 25.3 Å². The number of carboxylic acid groups (broad SMARTS) is 2. The molecule has 0 radical (unpaired) electrons. The highest BCUT2D eigenvalue weighted by Gasteiger charge is 2.23. The first kappa shape index (κ1) is 12.8. The Morgan fingerprint density at radius 2 is 2.00 bits per heavy atom. The number of hydrogen-bond acceptors (Lipinski definition) is 6. The molecule has 0 spiro atoms. The number of aliphatic carboxylic acids is 1. The van der Waals surface area contributed by atoms with E-state index in [-0.39, 0.29) is 17.0 Å². The minimum Gasteiger partial charge on any atom is -0.481 e. The third-order valence-electron chi connectivity index (χ3n) is 2.48. The smallest absolute Gasteiger partial charge is 0.347 e. The van der Waals surface area contributed by atoms with E-state index in [1.54, 1.807) is 0 Å². The molecule has 7 nitrogen and oxygen atoms in total. The average Bonchev–Trinajstić information content (AvgIpc) is 2.73. The van der Waals surface area contributed by atoms with Crippen molar-refractivity contribution in [3.63, 3.8) is 0 Å². The Hall–Kier alpha value is -1.67. The van der Waals surface area contributed by atoms with Crippen molar-refractivity contribution < 1.29 is 24.5 Å². The number of ether oxygens (including phenoxy) is 1. The summed E-state index contributed by atoms with van der Waals surface area (Å²) in [5.41, 5.74) is 0.112. The first-order valence-electron chi connectivity index (χ1n) is 5.35. The van der Waals surface area contributed by atoms with E-state index in [9.17, 15) is 9.59 Å². The molecule has 0 saturated carbocycles. The van der Waals surface area contributed by atoms with Gasteiger partial charge >= 0.3 is 11.9 Å². The normalized spacial score (nSPS) is 15.7. The third-order valence-corrected chi connectivity index (χ3v) is 3.63. The number of carboxylic acids is 2. The molecule has 0 bridgehead atoms. The predicted octanol–water partition coefficient (Wildman–Crippen LogP) is 0.305. The summed E-state index contributed by atoms with van der Waals surface area (Å²) in [5.74, 6) is -2.22. The zero-order valence-corrected chi connectivity index (χ0v) is 10.3. The van der Waals surface area contributed by atoms with E-state index in [0.29, 0.717) is 31.4 Å². The van der Waals surface area contributed by atoms with E-state index in [2.05, 4.69) is 4.98 Å². The van der Waals surface area contributed by atoms with Crippen molar-refractivity contribution in [3.8, 4) is 0 Å². The Labute approximate surface area is 107 Å². The van der Waals surface area contributed by atoms with Crippen LogP contribution in [0.4, 0.5) is 5.13 Å². The zero-order chi connectivity index (χ0) is 13.1. The van der Waals surface area contributed by atoms with Gasteiger partial charge in [-0.25, -0.2) is 9.78 Å². The minimum absolute atomic E-state index is 0.00103. The molecule has 18 heavy (non-hydrogen) atoms. The van der Waals surface area contributed by atoms with Gasteiger partial charge in [0.15, 0.2) is 5.13 Å². The maximum atomic E-state index is 11.0. The van der Waals surface area contributed by atoms with E-state index >= 15 is 0 Å². The van der Waals surface area contributed by atoms with Crippen LogP contribution in [0.5, 0.6) is 0 Å². The van der Waals surface area contributed by atoms with E-state index in [0.717, 1.165) is 11.3 Å². The van der Waals surface area contributed by atoms with Crippen LogP contribution in [0.2, 0.25) is 0 Å². The summed E-state index contributed by atoms with van der Waals surface area (Å²) < 4.78 is 5.19. The molecule has 0 atom stereocenters. The summed E-state index contributed by atoms with van der Waals surface area (Å²) in [5, 5.41) is 18.3. The van der Waals surface area contributed by atoms with Crippen molar-refractivity contribution in [2.24, 2.45) is 0 Å². The van der Waals surface area contributed by atoms with Gasteiger partial charge in [-0.15, -0.1) is 0 Å². The van der Waals surface area contributed by atoms with E-state index < -0.39 is 11.9 Å². The summed E-state index contributed by atoms with van der Waals surface area (Å²) in [6, 6.07) is 0. The summed E-state index contributed by atoms with van der Waals surface area (Å²) in [6.07, 6.45) is -0.373. The molecule has 0 aliphatic carbocycles. The first-order chi connectivity index (χ1) is 8.58. The second-order valence-electron chi connectivity index (χ2n) is 3.75. The highest BCUT2D eigenvalue weighted by atomic mass is 32.1. The number of anilines is 1. The van der Waals surface area contributed by atoms with Gasteiger partial charge in [0.1, 0.15) is 4.88 Å². The van der Waals surface area contributed by atoms with Gasteiger partial charge in [0.2, 0.25) is 0 Å². The molecule has 1 aliphatic heterocycles. The Morgan fingerprint density at radius 3 is 2.56 bits per heavy atom. The Balaban J connectivity index is 2.26. The van der Waals surface area contributed by atoms with Crippen LogP contribution in [-0.4, -0.2) is 53.4 Å². The van der Waals surface area contributed by atoms with Gasteiger partial charge in [-0.1, -0.05) is 11.3 Å². The average molecular weight is 272 g/mol. The summed E-state index contributed by atoms with van der Waals surface area (Å²) in [7, 11) is 0. The summed E-state index contributed by atoms with van der Waals surface area (Å²) in [6.45, 7) is 2.41. The number of aromatic carboxylic acids is 1. The maximum absolute atomic E-state index is 11.0. The lowest BCUT2D eigenvalue weighted by Gasteiger charge is -2.25. The molecule has 1 aliphatic rings. The van der Waals surface area contributed by atoms with Gasteiger partial charge < -0.3 is 19.8 Å². The Morgan fingerprint density at radius 1 is 1.33 bits per heavy atom. The van der Waals surface area contributed by atoms with E-state index in [1.165, 1.54) is 0 Å². The standard InChI is InChI=1S/C10H12N2O5S/c13-7(14)5-6-8(9(15)16)18-10(11-6)12-1-3-17-4-2-12/h1-5H2,(H,13,14)(H,15,16). The Bertz CT molecular complexity index is 467. The van der Waals surface area contributed by atoms with Crippen LogP contribution in [0.15, 0.2) is 0 Å². The van der Waals surface area contributed by atoms with E-state index in [1.807, 2.05) is 4.90 Å². The van der Waals surface area contributed by atoms with Crippen LogP contribution in [0.25, 0.3) is 0 Å². The van der Waals surface area contributed by atoms with Crippen molar-refractivity contribution in [3.05, 3.63) is 10.6 Å². The predicted molar refractivity (Wildman–Crippen MR) is 63.4 cm³/mol. The van der Waals surface area contributed by atoms with Gasteiger partial charge in [-0.2, -0.15) is 0 Å². The Kier molecular flexibility index (Phi) is 3.78. The van der Waals surface area contributed by atoms with Gasteiger partial charge in [-0.3, -0.25) is 4.79 Å². The lowest BCUT2D eigenvalue weighted by atomic mass is 10.3. The number of thiazole rings is 1. The van der Waals surface area contributed by atoms with Crippen LogP contribution < -0.4 is 4.90 Å². The van der Waals surface area contributed by atoms with Crippen LogP contribution in [-0.2, 0) is 16.0 Å². The fourth-order valence-electron chi connectivity index (χ4n) is 1.66.